The molecular weight excluding hydrogens is 328 g/mol. The summed E-state index contributed by atoms with van der Waals surface area (Å²) in [5.74, 6) is 1.03. The van der Waals surface area contributed by atoms with Crippen LogP contribution in [0.3, 0.4) is 0 Å². The van der Waals surface area contributed by atoms with Crippen LogP contribution in [0, 0.1) is 0 Å². The molecule has 0 aliphatic carbocycles. The highest BCUT2D eigenvalue weighted by Gasteiger charge is 2.09. The molecule has 0 bridgehead atoms. The molecule has 0 spiro atoms. The first-order valence-corrected chi connectivity index (χ1v) is 12.1. The second-order valence-electron chi connectivity index (χ2n) is 8.23. The Morgan fingerprint density at radius 1 is 0.556 bits per heavy atom. The van der Waals surface area contributed by atoms with Gasteiger partial charge in [-0.1, -0.05) is 122 Å². The molecule has 0 saturated carbocycles. The molecule has 0 aliphatic rings. The van der Waals surface area contributed by atoms with E-state index in [1.165, 1.54) is 109 Å². The van der Waals surface area contributed by atoms with E-state index in [1.54, 1.807) is 0 Å². The van der Waals surface area contributed by atoms with E-state index in [4.69, 9.17) is 4.74 Å². The standard InChI is InChI=1S/C26H46O/c1-3-5-6-7-8-9-10-11-12-13-14-15-16-18-22-25(21-4-2)27-26-23-19-17-20-24-26/h17,19-20,23-25H,3-16,18,21-22H2,1-2H3. The zero-order valence-electron chi connectivity index (χ0n) is 18.4. The Morgan fingerprint density at radius 2 is 1.04 bits per heavy atom. The molecule has 1 rings (SSSR count). The van der Waals surface area contributed by atoms with E-state index in [0.717, 1.165) is 5.75 Å². The molecule has 1 unspecified atom stereocenters. The van der Waals surface area contributed by atoms with Gasteiger partial charge >= 0.3 is 0 Å². The summed E-state index contributed by atoms with van der Waals surface area (Å²) in [6.45, 7) is 4.55. The van der Waals surface area contributed by atoms with Crippen LogP contribution in [-0.2, 0) is 0 Å². The fourth-order valence-electron chi connectivity index (χ4n) is 3.84. The van der Waals surface area contributed by atoms with Crippen molar-refractivity contribution in [1.82, 2.24) is 0 Å². The smallest absolute Gasteiger partial charge is 0.119 e. The lowest BCUT2D eigenvalue weighted by Gasteiger charge is -2.18. The minimum Gasteiger partial charge on any atom is -0.490 e. The molecule has 0 amide bonds. The van der Waals surface area contributed by atoms with E-state index in [9.17, 15) is 0 Å². The van der Waals surface area contributed by atoms with Gasteiger partial charge in [0.15, 0.2) is 0 Å². The minimum absolute atomic E-state index is 0.398. The average molecular weight is 375 g/mol. The van der Waals surface area contributed by atoms with Crippen LogP contribution >= 0.6 is 0 Å². The Hall–Kier alpha value is -0.980. The first-order chi connectivity index (χ1) is 13.4. The normalized spacial score (nSPS) is 12.2. The van der Waals surface area contributed by atoms with Crippen molar-refractivity contribution >= 4 is 0 Å². The highest BCUT2D eigenvalue weighted by atomic mass is 16.5. The lowest BCUT2D eigenvalue weighted by molar-refractivity contribution is 0.175. The molecule has 1 heteroatoms. The van der Waals surface area contributed by atoms with Gasteiger partial charge in [-0.3, -0.25) is 0 Å². The zero-order valence-corrected chi connectivity index (χ0v) is 18.4. The third-order valence-electron chi connectivity index (χ3n) is 5.54. The second kappa shape index (κ2) is 18.4. The molecule has 0 aliphatic heterocycles. The number of benzene rings is 1. The average Bonchev–Trinajstić information content (AvgIpc) is 2.69. The van der Waals surface area contributed by atoms with E-state index in [1.807, 2.05) is 0 Å². The van der Waals surface area contributed by atoms with Gasteiger partial charge in [0, 0.05) is 0 Å². The van der Waals surface area contributed by atoms with Crippen molar-refractivity contribution in [1.29, 1.82) is 0 Å². The fraction of sp³-hybridized carbons (Fsp3) is 0.769. The van der Waals surface area contributed by atoms with Gasteiger partial charge in [0.1, 0.15) is 5.75 Å². The van der Waals surface area contributed by atoms with Gasteiger partial charge < -0.3 is 4.74 Å². The number of ether oxygens (including phenoxy) is 1. The lowest BCUT2D eigenvalue weighted by Crippen LogP contribution is -2.16. The monoisotopic (exact) mass is 374 g/mol. The van der Waals surface area contributed by atoms with Crippen molar-refractivity contribution in [3.8, 4) is 5.75 Å². The van der Waals surface area contributed by atoms with Gasteiger partial charge in [0.2, 0.25) is 0 Å². The molecule has 156 valence electrons. The summed E-state index contributed by atoms with van der Waals surface area (Å²) in [6, 6.07) is 10.3. The topological polar surface area (TPSA) is 9.23 Å². The molecule has 1 nitrogen and oxygen atoms in total. The lowest BCUT2D eigenvalue weighted by atomic mass is 10.0. The van der Waals surface area contributed by atoms with Crippen molar-refractivity contribution in [2.75, 3.05) is 0 Å². The van der Waals surface area contributed by atoms with Crippen LogP contribution in [-0.4, -0.2) is 6.10 Å². The number of rotatable bonds is 19. The summed E-state index contributed by atoms with van der Waals surface area (Å²) < 4.78 is 6.17. The number of hydrogen-bond donors (Lipinski definition) is 0. The van der Waals surface area contributed by atoms with Gasteiger partial charge in [-0.05, 0) is 31.4 Å². The van der Waals surface area contributed by atoms with Crippen LogP contribution in [0.15, 0.2) is 30.3 Å². The van der Waals surface area contributed by atoms with Gasteiger partial charge in [0.05, 0.1) is 6.10 Å². The van der Waals surface area contributed by atoms with Crippen LogP contribution in [0.5, 0.6) is 5.75 Å². The third kappa shape index (κ3) is 14.7. The summed E-state index contributed by atoms with van der Waals surface area (Å²) in [5, 5.41) is 0. The fourth-order valence-corrected chi connectivity index (χ4v) is 3.84. The highest BCUT2D eigenvalue weighted by Crippen LogP contribution is 2.19. The van der Waals surface area contributed by atoms with Gasteiger partial charge in [-0.15, -0.1) is 0 Å². The van der Waals surface area contributed by atoms with Crippen LogP contribution in [0.2, 0.25) is 0 Å². The molecule has 0 aromatic heterocycles. The van der Waals surface area contributed by atoms with Crippen molar-refractivity contribution < 1.29 is 4.74 Å². The van der Waals surface area contributed by atoms with Crippen LogP contribution < -0.4 is 4.74 Å². The summed E-state index contributed by atoms with van der Waals surface area (Å²) in [6.07, 6.45) is 23.9. The van der Waals surface area contributed by atoms with Crippen molar-refractivity contribution in [2.24, 2.45) is 0 Å². The summed E-state index contributed by atoms with van der Waals surface area (Å²) in [5.41, 5.74) is 0. The molecule has 0 saturated heterocycles. The Morgan fingerprint density at radius 3 is 1.52 bits per heavy atom. The molecule has 27 heavy (non-hydrogen) atoms. The molecule has 1 aromatic rings. The second-order valence-corrected chi connectivity index (χ2v) is 8.23. The highest BCUT2D eigenvalue weighted by molar-refractivity contribution is 5.21. The SMILES string of the molecule is CCCCCCCCCCCCCCCCC(CCC)Oc1ccccc1. The minimum atomic E-state index is 0.398. The van der Waals surface area contributed by atoms with Crippen molar-refractivity contribution in [3.05, 3.63) is 30.3 Å². The van der Waals surface area contributed by atoms with Crippen molar-refractivity contribution in [2.45, 2.75) is 129 Å². The zero-order chi connectivity index (χ0) is 19.4. The van der Waals surface area contributed by atoms with Gasteiger partial charge in [0.25, 0.3) is 0 Å². The molecule has 0 radical (unpaired) electrons. The van der Waals surface area contributed by atoms with Crippen molar-refractivity contribution in [3.63, 3.8) is 0 Å². The summed E-state index contributed by atoms with van der Waals surface area (Å²) in [4.78, 5) is 0. The molecular formula is C26H46O. The summed E-state index contributed by atoms with van der Waals surface area (Å²) in [7, 11) is 0. The van der Waals surface area contributed by atoms with E-state index in [0.29, 0.717) is 6.10 Å². The molecule has 0 fully saturated rings. The molecule has 0 heterocycles. The third-order valence-corrected chi connectivity index (χ3v) is 5.54. The Bertz CT molecular complexity index is 400. The number of unbranched alkanes of at least 4 members (excludes halogenated alkanes) is 13. The predicted octanol–water partition coefficient (Wildman–Crippen LogP) is 9.11. The largest absolute Gasteiger partial charge is 0.490 e. The van der Waals surface area contributed by atoms with E-state index in [2.05, 4.69) is 44.2 Å². The maximum atomic E-state index is 6.17. The first kappa shape index (κ1) is 24.1. The Balaban J connectivity index is 1.90. The van der Waals surface area contributed by atoms with Crippen LogP contribution in [0.25, 0.3) is 0 Å². The van der Waals surface area contributed by atoms with E-state index < -0.39 is 0 Å². The maximum Gasteiger partial charge on any atom is 0.119 e. The quantitative estimate of drug-likeness (QED) is 0.219. The van der Waals surface area contributed by atoms with Crippen LogP contribution in [0.1, 0.15) is 123 Å². The van der Waals surface area contributed by atoms with E-state index in [-0.39, 0.29) is 0 Å². The molecule has 1 aromatic carbocycles. The number of para-hydroxylation sites is 1. The Labute approximate surface area is 170 Å². The maximum absolute atomic E-state index is 6.17. The Kier molecular flexibility index (Phi) is 16.4. The summed E-state index contributed by atoms with van der Waals surface area (Å²) >= 11 is 0. The van der Waals surface area contributed by atoms with Gasteiger partial charge in [-0.2, -0.15) is 0 Å². The van der Waals surface area contributed by atoms with E-state index >= 15 is 0 Å². The predicted molar refractivity (Wildman–Crippen MR) is 121 cm³/mol. The van der Waals surface area contributed by atoms with Gasteiger partial charge in [-0.25, -0.2) is 0 Å². The molecule has 1 atom stereocenters. The molecule has 0 N–H and O–H groups in total. The first-order valence-electron chi connectivity index (χ1n) is 12.1. The number of hydrogen-bond acceptors (Lipinski definition) is 1. The van der Waals surface area contributed by atoms with Crippen LogP contribution in [0.4, 0.5) is 0 Å².